The summed E-state index contributed by atoms with van der Waals surface area (Å²) in [5.41, 5.74) is 0. The molecule has 0 aliphatic rings. The molecule has 78 valence electrons. The number of hydrogen-bond acceptors (Lipinski definition) is 1. The van der Waals surface area contributed by atoms with Crippen molar-refractivity contribution in [3.63, 3.8) is 0 Å². The van der Waals surface area contributed by atoms with Crippen LogP contribution in [0.4, 0.5) is 0 Å². The van der Waals surface area contributed by atoms with Crippen LogP contribution in [0.3, 0.4) is 0 Å². The molecule has 1 nitrogen and oxygen atoms in total. The zero-order valence-electron chi connectivity index (χ0n) is 9.29. The van der Waals surface area contributed by atoms with Gasteiger partial charge in [0.25, 0.3) is 0 Å². The van der Waals surface area contributed by atoms with Crippen molar-refractivity contribution in [1.82, 2.24) is 0 Å². The van der Waals surface area contributed by atoms with Gasteiger partial charge < -0.3 is 5.11 Å². The molecule has 0 heterocycles. The second-order valence-corrected chi connectivity index (χ2v) is 3.86. The average Bonchev–Trinajstić information content (AvgIpc) is 2.17. The van der Waals surface area contributed by atoms with Crippen molar-refractivity contribution >= 4 is 0 Å². The van der Waals surface area contributed by atoms with Crippen LogP contribution >= 0.6 is 0 Å². The van der Waals surface area contributed by atoms with E-state index >= 15 is 0 Å². The summed E-state index contributed by atoms with van der Waals surface area (Å²) < 4.78 is 0. The van der Waals surface area contributed by atoms with Gasteiger partial charge in [0.1, 0.15) is 0 Å². The Bertz CT molecular complexity index is 129. The molecule has 1 N–H and O–H groups in total. The summed E-state index contributed by atoms with van der Waals surface area (Å²) in [4.78, 5) is 0. The number of hydrogen-bond donors (Lipinski definition) is 1. The largest absolute Gasteiger partial charge is 0.396 e. The second kappa shape index (κ2) is 8.31. The number of aliphatic hydroxyl groups excluding tert-OH is 1. The molecule has 1 heteroatoms. The molecule has 0 bridgehead atoms. The minimum Gasteiger partial charge on any atom is -0.396 e. The summed E-state index contributed by atoms with van der Waals surface area (Å²) in [6.45, 7) is 6.77. The van der Waals surface area contributed by atoms with Crippen LogP contribution in [0.15, 0.2) is 12.2 Å². The van der Waals surface area contributed by atoms with Crippen molar-refractivity contribution in [2.24, 2.45) is 11.8 Å². The number of unbranched alkanes of at least 4 members (excludes halogenated alkanes) is 1. The van der Waals surface area contributed by atoms with Gasteiger partial charge in [0, 0.05) is 6.61 Å². The minimum atomic E-state index is 0.265. The molecule has 0 saturated heterocycles. The number of allylic oxidation sites excluding steroid dienone is 1. The fourth-order valence-electron chi connectivity index (χ4n) is 1.31. The van der Waals surface area contributed by atoms with E-state index in [1.807, 2.05) is 6.92 Å². The van der Waals surface area contributed by atoms with Gasteiger partial charge >= 0.3 is 0 Å². The van der Waals surface area contributed by atoms with E-state index < -0.39 is 0 Å². The van der Waals surface area contributed by atoms with E-state index in [-0.39, 0.29) is 6.61 Å². The first-order valence-corrected chi connectivity index (χ1v) is 5.53. The Balaban J connectivity index is 3.74. The van der Waals surface area contributed by atoms with Crippen LogP contribution in [0, 0.1) is 11.8 Å². The molecule has 2 atom stereocenters. The first-order chi connectivity index (χ1) is 6.24. The fourth-order valence-corrected chi connectivity index (χ4v) is 1.31. The van der Waals surface area contributed by atoms with Gasteiger partial charge in [-0.3, -0.25) is 0 Å². The molecule has 0 rings (SSSR count). The van der Waals surface area contributed by atoms with E-state index in [0.29, 0.717) is 11.8 Å². The van der Waals surface area contributed by atoms with Crippen LogP contribution in [-0.4, -0.2) is 11.7 Å². The lowest BCUT2D eigenvalue weighted by molar-refractivity contribution is 0.261. The van der Waals surface area contributed by atoms with E-state index in [1.165, 1.54) is 25.7 Å². The molecule has 0 aliphatic heterocycles. The third-order valence-electron chi connectivity index (χ3n) is 2.45. The fraction of sp³-hybridized carbons (Fsp3) is 0.833. The van der Waals surface area contributed by atoms with Gasteiger partial charge in [0.15, 0.2) is 0 Å². The van der Waals surface area contributed by atoms with E-state index in [9.17, 15) is 0 Å². The summed E-state index contributed by atoms with van der Waals surface area (Å²) in [6.07, 6.45) is 9.52. The molecule has 0 radical (unpaired) electrons. The molecule has 0 aromatic heterocycles. The van der Waals surface area contributed by atoms with Gasteiger partial charge in [-0.15, -0.1) is 0 Å². The third kappa shape index (κ3) is 6.83. The smallest absolute Gasteiger partial charge is 0.0491 e. The maximum absolute atomic E-state index is 8.85. The highest BCUT2D eigenvalue weighted by Gasteiger charge is 2.01. The van der Waals surface area contributed by atoms with Gasteiger partial charge in [-0.25, -0.2) is 0 Å². The van der Waals surface area contributed by atoms with Crippen molar-refractivity contribution in [2.75, 3.05) is 6.61 Å². The second-order valence-electron chi connectivity index (χ2n) is 3.86. The summed E-state index contributed by atoms with van der Waals surface area (Å²) in [7, 11) is 0. The molecular formula is C12H24O. The molecule has 0 aromatic carbocycles. The van der Waals surface area contributed by atoms with Gasteiger partial charge in [-0.1, -0.05) is 45.8 Å². The molecular weight excluding hydrogens is 160 g/mol. The minimum absolute atomic E-state index is 0.265. The lowest BCUT2D eigenvalue weighted by Gasteiger charge is -2.09. The molecule has 0 fully saturated rings. The molecule has 0 aliphatic carbocycles. The normalized spacial score (nSPS) is 16.3. The number of rotatable bonds is 7. The highest BCUT2D eigenvalue weighted by atomic mass is 16.3. The van der Waals surface area contributed by atoms with E-state index in [1.54, 1.807) is 0 Å². The van der Waals surface area contributed by atoms with Crippen molar-refractivity contribution in [2.45, 2.75) is 46.5 Å². The molecule has 0 amide bonds. The number of aliphatic hydroxyl groups is 1. The van der Waals surface area contributed by atoms with Crippen molar-refractivity contribution < 1.29 is 5.11 Å². The Morgan fingerprint density at radius 3 is 2.38 bits per heavy atom. The van der Waals surface area contributed by atoms with Crippen LogP contribution in [0.2, 0.25) is 0 Å². The summed E-state index contributed by atoms with van der Waals surface area (Å²) in [6, 6.07) is 0. The SMILES string of the molecule is CCCC[C@@H](/C=C/[C@@H](C)CO)CC. The monoisotopic (exact) mass is 184 g/mol. The average molecular weight is 184 g/mol. The molecule has 0 unspecified atom stereocenters. The lowest BCUT2D eigenvalue weighted by Crippen LogP contribution is -1.99. The maximum Gasteiger partial charge on any atom is 0.0491 e. The summed E-state index contributed by atoms with van der Waals surface area (Å²) in [5, 5.41) is 8.85. The molecule has 0 saturated carbocycles. The maximum atomic E-state index is 8.85. The zero-order valence-corrected chi connectivity index (χ0v) is 9.29. The molecule has 0 spiro atoms. The van der Waals surface area contributed by atoms with Gasteiger partial charge in [-0.05, 0) is 24.7 Å². The van der Waals surface area contributed by atoms with Crippen LogP contribution in [0.1, 0.15) is 46.5 Å². The Labute approximate surface area is 82.9 Å². The van der Waals surface area contributed by atoms with Crippen molar-refractivity contribution in [1.29, 1.82) is 0 Å². The van der Waals surface area contributed by atoms with E-state index in [0.717, 1.165) is 0 Å². The quantitative estimate of drug-likeness (QED) is 0.601. The van der Waals surface area contributed by atoms with Gasteiger partial charge in [-0.2, -0.15) is 0 Å². The van der Waals surface area contributed by atoms with E-state index in [2.05, 4.69) is 26.0 Å². The highest BCUT2D eigenvalue weighted by Crippen LogP contribution is 2.14. The van der Waals surface area contributed by atoms with Gasteiger partial charge in [0.05, 0.1) is 0 Å². The lowest BCUT2D eigenvalue weighted by atomic mass is 9.97. The Morgan fingerprint density at radius 2 is 1.92 bits per heavy atom. The topological polar surface area (TPSA) is 20.2 Å². The summed E-state index contributed by atoms with van der Waals surface area (Å²) in [5.74, 6) is 1.03. The van der Waals surface area contributed by atoms with Crippen LogP contribution in [-0.2, 0) is 0 Å². The van der Waals surface area contributed by atoms with E-state index in [4.69, 9.17) is 5.11 Å². The summed E-state index contributed by atoms with van der Waals surface area (Å²) >= 11 is 0. The standard InChI is InChI=1S/C12H24O/c1-4-6-7-12(5-2)9-8-11(3)10-13/h8-9,11-13H,4-7,10H2,1-3H3/b9-8+/t11-,12+/m1/s1. The Morgan fingerprint density at radius 1 is 1.23 bits per heavy atom. The van der Waals surface area contributed by atoms with Gasteiger partial charge in [0.2, 0.25) is 0 Å². The molecule has 0 aromatic rings. The first kappa shape index (κ1) is 12.7. The zero-order chi connectivity index (χ0) is 10.1. The predicted octanol–water partition coefficient (Wildman–Crippen LogP) is 3.39. The third-order valence-corrected chi connectivity index (χ3v) is 2.45. The van der Waals surface area contributed by atoms with Crippen molar-refractivity contribution in [3.8, 4) is 0 Å². The highest BCUT2D eigenvalue weighted by molar-refractivity contribution is 4.90. The molecule has 13 heavy (non-hydrogen) atoms. The van der Waals surface area contributed by atoms with Crippen molar-refractivity contribution in [3.05, 3.63) is 12.2 Å². The first-order valence-electron chi connectivity index (χ1n) is 5.53. The predicted molar refractivity (Wildman–Crippen MR) is 58.7 cm³/mol. The van der Waals surface area contributed by atoms with Crippen LogP contribution in [0.5, 0.6) is 0 Å². The Kier molecular flexibility index (Phi) is 8.11. The van der Waals surface area contributed by atoms with Crippen LogP contribution in [0.25, 0.3) is 0 Å². The van der Waals surface area contributed by atoms with Crippen LogP contribution < -0.4 is 0 Å². The Hall–Kier alpha value is -0.300.